The lowest BCUT2D eigenvalue weighted by Gasteiger charge is -2.17. The van der Waals surface area contributed by atoms with Gasteiger partial charge in [-0.15, -0.1) is 0 Å². The van der Waals surface area contributed by atoms with Crippen molar-refractivity contribution in [2.24, 2.45) is 0 Å². The van der Waals surface area contributed by atoms with Crippen molar-refractivity contribution in [3.05, 3.63) is 40.8 Å². The van der Waals surface area contributed by atoms with E-state index < -0.39 is 11.7 Å². The topological polar surface area (TPSA) is 70.8 Å². The van der Waals surface area contributed by atoms with Crippen LogP contribution in [0.2, 0.25) is 5.28 Å². The third-order valence-corrected chi connectivity index (χ3v) is 2.98. The highest BCUT2D eigenvalue weighted by Crippen LogP contribution is 2.36. The largest absolute Gasteiger partial charge is 0.489 e. The number of halogens is 4. The maximum absolute atomic E-state index is 12.9. The molecule has 5 nitrogen and oxygen atoms in total. The molecule has 0 atom stereocenters. The van der Waals surface area contributed by atoms with E-state index in [-0.39, 0.29) is 34.2 Å². The summed E-state index contributed by atoms with van der Waals surface area (Å²) < 4.78 is 44.3. The van der Waals surface area contributed by atoms with E-state index in [2.05, 4.69) is 15.3 Å². The van der Waals surface area contributed by atoms with E-state index >= 15 is 0 Å². The number of nitrogens with one attached hydrogen (secondary N) is 1. The number of hydrogen-bond acceptors (Lipinski definition) is 5. The van der Waals surface area contributed by atoms with Crippen LogP contribution in [0.4, 0.5) is 24.7 Å². The van der Waals surface area contributed by atoms with E-state index in [1.54, 1.807) is 13.8 Å². The van der Waals surface area contributed by atoms with Crippen molar-refractivity contribution in [3.63, 3.8) is 0 Å². The Balaban J connectivity index is 2.50. The van der Waals surface area contributed by atoms with Crippen LogP contribution < -0.4 is 10.1 Å². The van der Waals surface area contributed by atoms with Gasteiger partial charge in [-0.25, -0.2) is 4.98 Å². The minimum atomic E-state index is -4.52. The van der Waals surface area contributed by atoms with Gasteiger partial charge in [0.2, 0.25) is 5.28 Å². The number of alkyl halides is 3. The molecule has 9 heteroatoms. The molecular formula is C15H12ClF3N4O. The predicted molar refractivity (Wildman–Crippen MR) is 82.2 cm³/mol. The third kappa shape index (κ3) is 4.26. The molecule has 0 aliphatic carbocycles. The molecular weight excluding hydrogens is 345 g/mol. The van der Waals surface area contributed by atoms with E-state index in [0.29, 0.717) is 0 Å². The summed E-state index contributed by atoms with van der Waals surface area (Å²) >= 11 is 5.69. The average molecular weight is 357 g/mol. The molecule has 1 aromatic carbocycles. The number of ether oxygens (including phenoxy) is 1. The van der Waals surface area contributed by atoms with Gasteiger partial charge in [-0.2, -0.15) is 23.4 Å². The molecule has 2 aromatic rings. The Labute approximate surface area is 141 Å². The van der Waals surface area contributed by atoms with Crippen LogP contribution in [-0.2, 0) is 6.18 Å². The smallest absolute Gasteiger partial charge is 0.416 e. The Kier molecular flexibility index (Phi) is 5.14. The number of anilines is 2. The molecule has 126 valence electrons. The number of benzene rings is 1. The maximum atomic E-state index is 12.9. The van der Waals surface area contributed by atoms with Crippen LogP contribution >= 0.6 is 11.6 Å². The number of nitriles is 1. The molecule has 0 spiro atoms. The van der Waals surface area contributed by atoms with Gasteiger partial charge in [0.05, 0.1) is 23.6 Å². The minimum Gasteiger partial charge on any atom is -0.489 e. The zero-order chi connectivity index (χ0) is 17.9. The van der Waals surface area contributed by atoms with Gasteiger partial charge in [0.15, 0.2) is 5.82 Å². The third-order valence-electron chi connectivity index (χ3n) is 2.80. The summed E-state index contributed by atoms with van der Waals surface area (Å²) in [5, 5.41) is 11.6. The number of aromatic nitrogens is 2. The highest BCUT2D eigenvalue weighted by atomic mass is 35.5. The van der Waals surface area contributed by atoms with Gasteiger partial charge in [0.25, 0.3) is 0 Å². The van der Waals surface area contributed by atoms with Crippen LogP contribution in [0.3, 0.4) is 0 Å². The fraction of sp³-hybridized carbons (Fsp3) is 0.267. The molecule has 1 heterocycles. The van der Waals surface area contributed by atoms with Crippen molar-refractivity contribution in [1.82, 2.24) is 9.97 Å². The Hall–Kier alpha value is -2.53. The first-order chi connectivity index (χ1) is 11.2. The van der Waals surface area contributed by atoms with Gasteiger partial charge >= 0.3 is 6.18 Å². The molecule has 0 aliphatic rings. The molecule has 0 bridgehead atoms. The Bertz CT molecular complexity index is 787. The van der Waals surface area contributed by atoms with Gasteiger partial charge in [0, 0.05) is 0 Å². The van der Waals surface area contributed by atoms with Gasteiger partial charge in [-0.3, -0.25) is 0 Å². The summed E-state index contributed by atoms with van der Waals surface area (Å²) in [5.41, 5.74) is -0.808. The van der Waals surface area contributed by atoms with Gasteiger partial charge in [0.1, 0.15) is 17.4 Å². The number of nitrogens with zero attached hydrogens (tertiary/aromatic N) is 3. The standard InChI is InChI=1S/C15H12ClF3N4O/c1-8(2)24-12-4-3-10(15(17,18)19)5-11(12)22-13-9(6-20)7-21-14(16)23-13/h3-5,7-8H,1-2H3,(H,21,22,23). The Morgan fingerprint density at radius 3 is 2.62 bits per heavy atom. The van der Waals surface area contributed by atoms with E-state index in [4.69, 9.17) is 21.6 Å². The lowest BCUT2D eigenvalue weighted by molar-refractivity contribution is -0.137. The van der Waals surface area contributed by atoms with Crippen molar-refractivity contribution in [1.29, 1.82) is 5.26 Å². The summed E-state index contributed by atoms with van der Waals surface area (Å²) in [5.74, 6) is 0.182. The molecule has 0 fully saturated rings. The molecule has 0 saturated heterocycles. The monoisotopic (exact) mass is 356 g/mol. The second kappa shape index (κ2) is 6.93. The first-order valence-electron chi connectivity index (χ1n) is 6.78. The van der Waals surface area contributed by atoms with Gasteiger partial charge < -0.3 is 10.1 Å². The Morgan fingerprint density at radius 2 is 2.04 bits per heavy atom. The van der Waals surface area contributed by atoms with E-state index in [1.807, 2.05) is 6.07 Å². The lowest BCUT2D eigenvalue weighted by atomic mass is 10.1. The van der Waals surface area contributed by atoms with Crippen molar-refractivity contribution in [2.75, 3.05) is 5.32 Å². The van der Waals surface area contributed by atoms with Crippen molar-refractivity contribution < 1.29 is 17.9 Å². The van der Waals surface area contributed by atoms with E-state index in [1.165, 1.54) is 12.3 Å². The highest BCUT2D eigenvalue weighted by molar-refractivity contribution is 6.28. The molecule has 1 aromatic heterocycles. The van der Waals surface area contributed by atoms with Crippen LogP contribution in [-0.4, -0.2) is 16.1 Å². The molecule has 24 heavy (non-hydrogen) atoms. The maximum Gasteiger partial charge on any atom is 0.416 e. The zero-order valence-corrected chi connectivity index (χ0v) is 13.4. The predicted octanol–water partition coefficient (Wildman–Crippen LogP) is 4.55. The average Bonchev–Trinajstić information content (AvgIpc) is 2.47. The fourth-order valence-electron chi connectivity index (χ4n) is 1.83. The second-order valence-electron chi connectivity index (χ2n) is 5.01. The van der Waals surface area contributed by atoms with E-state index in [9.17, 15) is 13.2 Å². The molecule has 0 aliphatic heterocycles. The molecule has 0 saturated carbocycles. The quantitative estimate of drug-likeness (QED) is 0.814. The Morgan fingerprint density at radius 1 is 1.33 bits per heavy atom. The number of rotatable bonds is 4. The fourth-order valence-corrected chi connectivity index (χ4v) is 1.96. The SMILES string of the molecule is CC(C)Oc1ccc(C(F)(F)F)cc1Nc1nc(Cl)ncc1C#N. The summed E-state index contributed by atoms with van der Waals surface area (Å²) in [6.45, 7) is 3.48. The van der Waals surface area contributed by atoms with Crippen molar-refractivity contribution >= 4 is 23.1 Å². The molecule has 0 radical (unpaired) electrons. The van der Waals surface area contributed by atoms with Crippen LogP contribution in [0.25, 0.3) is 0 Å². The van der Waals surface area contributed by atoms with Crippen LogP contribution in [0.1, 0.15) is 25.0 Å². The summed E-state index contributed by atoms with van der Waals surface area (Å²) in [6.07, 6.45) is -3.60. The van der Waals surface area contributed by atoms with Crippen LogP contribution in [0.15, 0.2) is 24.4 Å². The van der Waals surface area contributed by atoms with Crippen molar-refractivity contribution in [3.8, 4) is 11.8 Å². The summed E-state index contributed by atoms with van der Waals surface area (Å²) in [6, 6.07) is 4.85. The number of hydrogen-bond donors (Lipinski definition) is 1. The minimum absolute atomic E-state index is 0.00886. The summed E-state index contributed by atoms with van der Waals surface area (Å²) in [7, 11) is 0. The van der Waals surface area contributed by atoms with Crippen molar-refractivity contribution in [2.45, 2.75) is 26.1 Å². The molecule has 1 N–H and O–H groups in total. The van der Waals surface area contributed by atoms with Crippen LogP contribution in [0, 0.1) is 11.3 Å². The van der Waals surface area contributed by atoms with Gasteiger partial charge in [-0.1, -0.05) is 0 Å². The zero-order valence-electron chi connectivity index (χ0n) is 12.6. The molecule has 0 unspecified atom stereocenters. The first-order valence-corrected chi connectivity index (χ1v) is 7.16. The molecule has 0 amide bonds. The normalized spacial score (nSPS) is 11.2. The van der Waals surface area contributed by atoms with E-state index in [0.717, 1.165) is 12.1 Å². The highest BCUT2D eigenvalue weighted by Gasteiger charge is 2.31. The van der Waals surface area contributed by atoms with Gasteiger partial charge in [-0.05, 0) is 43.6 Å². The van der Waals surface area contributed by atoms with Crippen LogP contribution in [0.5, 0.6) is 5.75 Å². The lowest BCUT2D eigenvalue weighted by Crippen LogP contribution is -2.11. The molecule has 2 rings (SSSR count). The summed E-state index contributed by atoms with van der Waals surface area (Å²) in [4.78, 5) is 7.50. The first kappa shape index (κ1) is 17.8. The second-order valence-corrected chi connectivity index (χ2v) is 5.35.